The van der Waals surface area contributed by atoms with Gasteiger partial charge in [-0.15, -0.1) is 0 Å². The van der Waals surface area contributed by atoms with Crippen molar-refractivity contribution in [1.82, 2.24) is 19.6 Å². The molecule has 0 saturated heterocycles. The highest BCUT2D eigenvalue weighted by molar-refractivity contribution is 5.72. The summed E-state index contributed by atoms with van der Waals surface area (Å²) in [4.78, 5) is 12.6. The number of rotatable bonds is 5. The Morgan fingerprint density at radius 2 is 2.21 bits per heavy atom. The Kier molecular flexibility index (Phi) is 4.73. The average molecular weight is 330 g/mol. The number of hydrogen-bond donors (Lipinski definition) is 0. The number of carbonyl (C=O) groups excluding carboxylic acids is 1. The lowest BCUT2D eigenvalue weighted by Gasteiger charge is -2.22. The number of hydrogen-bond acceptors (Lipinski definition) is 4. The fourth-order valence-corrected chi connectivity index (χ4v) is 3.59. The highest BCUT2D eigenvalue weighted by Gasteiger charge is 2.33. The maximum atomic E-state index is 12.6. The normalized spacial score (nSPS) is 21.8. The lowest BCUT2D eigenvalue weighted by atomic mass is 9.99. The van der Waals surface area contributed by atoms with E-state index in [1.165, 1.54) is 0 Å². The van der Waals surface area contributed by atoms with Gasteiger partial charge in [-0.25, -0.2) is 0 Å². The Morgan fingerprint density at radius 1 is 1.42 bits per heavy atom. The standard InChI is InChI=1S/C18H26N4O2/c1-12(11-15-13(2)20-21(4)14(15)3)18(23)24-17-8-5-7-16(17)22-10-6-9-19-22/h6,9-10,12,16-17H,5,7-8,11H2,1-4H3/t12-,16-,17-/m1/s1. The van der Waals surface area contributed by atoms with Crippen LogP contribution in [0.5, 0.6) is 0 Å². The van der Waals surface area contributed by atoms with Gasteiger partial charge in [-0.2, -0.15) is 10.2 Å². The van der Waals surface area contributed by atoms with E-state index in [2.05, 4.69) is 10.2 Å². The van der Waals surface area contributed by atoms with Crippen molar-refractivity contribution in [2.24, 2.45) is 13.0 Å². The van der Waals surface area contributed by atoms with Crippen LogP contribution in [0.25, 0.3) is 0 Å². The fraction of sp³-hybridized carbons (Fsp3) is 0.611. The van der Waals surface area contributed by atoms with Crippen molar-refractivity contribution < 1.29 is 9.53 Å². The van der Waals surface area contributed by atoms with Gasteiger partial charge in [0, 0.05) is 25.1 Å². The van der Waals surface area contributed by atoms with Crippen molar-refractivity contribution in [2.45, 2.75) is 58.6 Å². The number of aryl methyl sites for hydroxylation is 2. The Balaban J connectivity index is 1.64. The summed E-state index contributed by atoms with van der Waals surface area (Å²) < 4.78 is 9.63. The second-order valence-electron chi connectivity index (χ2n) is 6.84. The summed E-state index contributed by atoms with van der Waals surface area (Å²) in [6, 6.07) is 2.08. The molecule has 0 radical (unpaired) electrons. The lowest BCUT2D eigenvalue weighted by molar-refractivity contribution is -0.155. The number of esters is 1. The number of nitrogens with zero attached hydrogens (tertiary/aromatic N) is 4. The van der Waals surface area contributed by atoms with E-state index >= 15 is 0 Å². The SMILES string of the molecule is Cc1nn(C)c(C)c1C[C@@H](C)C(=O)O[C@@H]1CCC[C@H]1n1cccn1. The van der Waals surface area contributed by atoms with Gasteiger partial charge >= 0.3 is 5.97 Å². The molecule has 6 nitrogen and oxygen atoms in total. The van der Waals surface area contributed by atoms with Crippen molar-refractivity contribution in [3.8, 4) is 0 Å². The molecule has 1 saturated carbocycles. The third-order valence-corrected chi connectivity index (χ3v) is 5.12. The molecule has 1 fully saturated rings. The first-order valence-corrected chi connectivity index (χ1v) is 8.66. The minimum absolute atomic E-state index is 0.0732. The summed E-state index contributed by atoms with van der Waals surface area (Å²) in [5.74, 6) is -0.299. The second kappa shape index (κ2) is 6.79. The summed E-state index contributed by atoms with van der Waals surface area (Å²) >= 11 is 0. The van der Waals surface area contributed by atoms with Gasteiger partial charge in [0.2, 0.25) is 0 Å². The largest absolute Gasteiger partial charge is 0.460 e. The van der Waals surface area contributed by atoms with Crippen LogP contribution in [0, 0.1) is 19.8 Å². The van der Waals surface area contributed by atoms with E-state index in [4.69, 9.17) is 4.74 Å². The highest BCUT2D eigenvalue weighted by Crippen LogP contribution is 2.32. The van der Waals surface area contributed by atoms with Crippen LogP contribution in [0.2, 0.25) is 0 Å². The van der Waals surface area contributed by atoms with Gasteiger partial charge in [0.1, 0.15) is 6.10 Å². The molecular formula is C18H26N4O2. The van der Waals surface area contributed by atoms with Gasteiger partial charge in [-0.05, 0) is 51.2 Å². The van der Waals surface area contributed by atoms with E-state index in [0.717, 1.165) is 36.2 Å². The fourth-order valence-electron chi connectivity index (χ4n) is 3.59. The van der Waals surface area contributed by atoms with Crippen LogP contribution in [-0.4, -0.2) is 31.6 Å². The average Bonchev–Trinajstić information content (AvgIpc) is 3.25. The number of carbonyl (C=O) groups is 1. The van der Waals surface area contributed by atoms with E-state index in [0.29, 0.717) is 6.42 Å². The van der Waals surface area contributed by atoms with Crippen molar-refractivity contribution in [3.63, 3.8) is 0 Å². The van der Waals surface area contributed by atoms with E-state index in [-0.39, 0.29) is 24.0 Å². The molecule has 3 rings (SSSR count). The smallest absolute Gasteiger partial charge is 0.309 e. The molecule has 130 valence electrons. The Bertz CT molecular complexity index is 705. The van der Waals surface area contributed by atoms with Crippen molar-refractivity contribution in [3.05, 3.63) is 35.4 Å². The third-order valence-electron chi connectivity index (χ3n) is 5.12. The number of ether oxygens (including phenoxy) is 1. The lowest BCUT2D eigenvalue weighted by Crippen LogP contribution is -2.28. The molecule has 0 unspecified atom stereocenters. The first kappa shape index (κ1) is 16.7. The van der Waals surface area contributed by atoms with Crippen LogP contribution in [0.3, 0.4) is 0 Å². The van der Waals surface area contributed by atoms with Gasteiger partial charge in [-0.3, -0.25) is 14.2 Å². The minimum atomic E-state index is -0.175. The predicted octanol–water partition coefficient (Wildman–Crippen LogP) is 2.75. The van der Waals surface area contributed by atoms with E-state index in [9.17, 15) is 4.79 Å². The Morgan fingerprint density at radius 3 is 2.83 bits per heavy atom. The molecule has 0 bridgehead atoms. The van der Waals surface area contributed by atoms with Gasteiger partial charge < -0.3 is 4.74 Å². The van der Waals surface area contributed by atoms with Gasteiger partial charge in [0.05, 0.1) is 17.7 Å². The van der Waals surface area contributed by atoms with Crippen LogP contribution in [0.1, 0.15) is 49.2 Å². The molecule has 0 aromatic carbocycles. The monoisotopic (exact) mass is 330 g/mol. The highest BCUT2D eigenvalue weighted by atomic mass is 16.5. The molecule has 0 spiro atoms. The molecule has 1 aliphatic carbocycles. The van der Waals surface area contributed by atoms with Gasteiger partial charge in [0.15, 0.2) is 0 Å². The van der Waals surface area contributed by atoms with E-state index < -0.39 is 0 Å². The first-order chi connectivity index (χ1) is 11.5. The molecule has 6 heteroatoms. The molecule has 3 atom stereocenters. The second-order valence-corrected chi connectivity index (χ2v) is 6.84. The Labute approximate surface area is 142 Å². The summed E-state index contributed by atoms with van der Waals surface area (Å²) in [5.41, 5.74) is 3.25. The van der Waals surface area contributed by atoms with E-state index in [1.54, 1.807) is 6.20 Å². The zero-order valence-electron chi connectivity index (χ0n) is 14.9. The van der Waals surface area contributed by atoms with Crippen LogP contribution in [0.15, 0.2) is 18.5 Å². The number of aromatic nitrogens is 4. The quantitative estimate of drug-likeness (QED) is 0.791. The van der Waals surface area contributed by atoms with Crippen LogP contribution < -0.4 is 0 Å². The van der Waals surface area contributed by atoms with E-state index in [1.807, 2.05) is 49.4 Å². The van der Waals surface area contributed by atoms with Gasteiger partial charge in [0.25, 0.3) is 0 Å². The van der Waals surface area contributed by atoms with Crippen LogP contribution in [-0.2, 0) is 23.0 Å². The third kappa shape index (κ3) is 3.23. The molecule has 0 aliphatic heterocycles. The molecule has 2 heterocycles. The summed E-state index contributed by atoms with van der Waals surface area (Å²) in [6.07, 6.45) is 7.30. The first-order valence-electron chi connectivity index (χ1n) is 8.66. The van der Waals surface area contributed by atoms with Crippen LogP contribution >= 0.6 is 0 Å². The summed E-state index contributed by atoms with van der Waals surface area (Å²) in [7, 11) is 1.93. The molecule has 2 aromatic heterocycles. The van der Waals surface area contributed by atoms with Gasteiger partial charge in [-0.1, -0.05) is 6.92 Å². The molecule has 24 heavy (non-hydrogen) atoms. The van der Waals surface area contributed by atoms with Crippen molar-refractivity contribution in [1.29, 1.82) is 0 Å². The minimum Gasteiger partial charge on any atom is -0.460 e. The van der Waals surface area contributed by atoms with Crippen LogP contribution in [0.4, 0.5) is 0 Å². The maximum Gasteiger partial charge on any atom is 0.309 e. The molecule has 2 aromatic rings. The molecule has 1 aliphatic rings. The van der Waals surface area contributed by atoms with Crippen molar-refractivity contribution >= 4 is 5.97 Å². The zero-order valence-corrected chi connectivity index (χ0v) is 14.9. The zero-order chi connectivity index (χ0) is 17.3. The topological polar surface area (TPSA) is 61.9 Å². The van der Waals surface area contributed by atoms with Crippen molar-refractivity contribution in [2.75, 3.05) is 0 Å². The molecule has 0 amide bonds. The predicted molar refractivity (Wildman–Crippen MR) is 90.5 cm³/mol. The summed E-state index contributed by atoms with van der Waals surface area (Å²) in [6.45, 7) is 5.97. The molecule has 0 N–H and O–H groups in total. The molecular weight excluding hydrogens is 304 g/mol. The summed E-state index contributed by atoms with van der Waals surface area (Å²) in [5, 5.41) is 8.73. The Hall–Kier alpha value is -2.11. The maximum absolute atomic E-state index is 12.6.